The predicted molar refractivity (Wildman–Crippen MR) is 108 cm³/mol. The first-order valence-electron chi connectivity index (χ1n) is 8.67. The Morgan fingerprint density at radius 3 is 2.67 bits per heavy atom. The molecule has 0 spiro atoms. The minimum Gasteiger partial charge on any atom is -0.490 e. The normalized spacial score (nSPS) is 19.1. The van der Waals surface area contributed by atoms with Gasteiger partial charge in [0.15, 0.2) is 0 Å². The van der Waals surface area contributed by atoms with Crippen LogP contribution in [0.25, 0.3) is 0 Å². The molecule has 2 aromatic rings. The van der Waals surface area contributed by atoms with Crippen LogP contribution in [0.5, 0.6) is 11.5 Å². The Hall–Kier alpha value is -1.89. The lowest BCUT2D eigenvalue weighted by Gasteiger charge is -2.17. The molecule has 3 rings (SSSR count). The van der Waals surface area contributed by atoms with Crippen molar-refractivity contribution in [3.8, 4) is 11.5 Å². The van der Waals surface area contributed by atoms with E-state index in [0.29, 0.717) is 29.7 Å². The molecular formula is C20H22ClNO4S. The van der Waals surface area contributed by atoms with Gasteiger partial charge in [-0.1, -0.05) is 17.7 Å². The Labute approximate surface area is 168 Å². The summed E-state index contributed by atoms with van der Waals surface area (Å²) in [5.41, 5.74) is 3.26. The second-order valence-corrected chi connectivity index (χ2v) is 7.97. The summed E-state index contributed by atoms with van der Waals surface area (Å²) in [7, 11) is 0. The first kappa shape index (κ1) is 19.9. The third-order valence-electron chi connectivity index (χ3n) is 4.42. The Kier molecular flexibility index (Phi) is 6.52. The fourth-order valence-electron chi connectivity index (χ4n) is 2.76. The number of rotatable bonds is 7. The zero-order valence-corrected chi connectivity index (χ0v) is 16.8. The molecule has 1 heterocycles. The number of benzene rings is 2. The van der Waals surface area contributed by atoms with Gasteiger partial charge in [-0.05, 0) is 55.3 Å². The van der Waals surface area contributed by atoms with Crippen LogP contribution in [0, 0.1) is 13.8 Å². The SMILES string of the molecule is Cc1ccc(OCCOc2ccc(Cl)cc2C2NC(C(=O)O)CS2)cc1C. The highest BCUT2D eigenvalue weighted by Gasteiger charge is 2.32. The largest absolute Gasteiger partial charge is 0.490 e. The number of thioether (sulfide) groups is 1. The molecule has 1 fully saturated rings. The van der Waals surface area contributed by atoms with Crippen molar-refractivity contribution in [3.05, 3.63) is 58.1 Å². The van der Waals surface area contributed by atoms with Gasteiger partial charge in [0.2, 0.25) is 0 Å². The number of hydrogen-bond donors (Lipinski definition) is 2. The van der Waals surface area contributed by atoms with E-state index in [1.807, 2.05) is 30.3 Å². The van der Waals surface area contributed by atoms with Crippen molar-refractivity contribution in [1.29, 1.82) is 0 Å². The summed E-state index contributed by atoms with van der Waals surface area (Å²) in [5.74, 6) is 1.15. The van der Waals surface area contributed by atoms with Crippen molar-refractivity contribution in [1.82, 2.24) is 5.32 Å². The fraction of sp³-hybridized carbons (Fsp3) is 0.350. The molecule has 0 radical (unpaired) electrons. The van der Waals surface area contributed by atoms with Crippen molar-refractivity contribution in [2.45, 2.75) is 25.3 Å². The molecule has 1 aliphatic heterocycles. The number of aliphatic carboxylic acids is 1. The first-order chi connectivity index (χ1) is 12.9. The lowest BCUT2D eigenvalue weighted by Crippen LogP contribution is -2.33. The Morgan fingerprint density at radius 2 is 1.96 bits per heavy atom. The molecule has 0 amide bonds. The van der Waals surface area contributed by atoms with E-state index in [1.54, 1.807) is 6.07 Å². The van der Waals surface area contributed by atoms with Gasteiger partial charge in [-0.3, -0.25) is 10.1 Å². The van der Waals surface area contributed by atoms with E-state index in [4.69, 9.17) is 21.1 Å². The average molecular weight is 408 g/mol. The molecule has 2 atom stereocenters. The zero-order chi connectivity index (χ0) is 19.4. The minimum atomic E-state index is -0.851. The van der Waals surface area contributed by atoms with Crippen molar-refractivity contribution < 1.29 is 19.4 Å². The van der Waals surface area contributed by atoms with Crippen molar-refractivity contribution in [3.63, 3.8) is 0 Å². The Morgan fingerprint density at radius 1 is 1.19 bits per heavy atom. The number of nitrogens with one attached hydrogen (secondary N) is 1. The highest BCUT2D eigenvalue weighted by molar-refractivity contribution is 7.99. The van der Waals surface area contributed by atoms with Crippen LogP contribution in [0.4, 0.5) is 0 Å². The van der Waals surface area contributed by atoms with Gasteiger partial charge < -0.3 is 14.6 Å². The smallest absolute Gasteiger partial charge is 0.321 e. The molecule has 0 saturated carbocycles. The maximum Gasteiger partial charge on any atom is 0.321 e. The molecule has 0 aliphatic carbocycles. The average Bonchev–Trinajstić information content (AvgIpc) is 3.13. The highest BCUT2D eigenvalue weighted by atomic mass is 35.5. The van der Waals surface area contributed by atoms with Crippen LogP contribution in [-0.2, 0) is 4.79 Å². The van der Waals surface area contributed by atoms with Gasteiger partial charge in [-0.25, -0.2) is 0 Å². The Balaban J connectivity index is 1.60. The Bertz CT molecular complexity index is 830. The van der Waals surface area contributed by atoms with Gasteiger partial charge >= 0.3 is 5.97 Å². The van der Waals surface area contributed by atoms with Crippen LogP contribution in [-0.4, -0.2) is 36.1 Å². The second-order valence-electron chi connectivity index (χ2n) is 6.40. The quantitative estimate of drug-likeness (QED) is 0.670. The van der Waals surface area contributed by atoms with Crippen molar-refractivity contribution >= 4 is 29.3 Å². The molecule has 0 bridgehead atoms. The molecule has 2 unspecified atom stereocenters. The van der Waals surface area contributed by atoms with E-state index in [2.05, 4.69) is 19.2 Å². The summed E-state index contributed by atoms with van der Waals surface area (Å²) in [5, 5.41) is 12.7. The van der Waals surface area contributed by atoms with Crippen molar-refractivity contribution in [2.75, 3.05) is 19.0 Å². The number of hydrogen-bond acceptors (Lipinski definition) is 5. The predicted octanol–water partition coefficient (Wildman–Crippen LogP) is 4.20. The summed E-state index contributed by atoms with van der Waals surface area (Å²) >= 11 is 7.66. The summed E-state index contributed by atoms with van der Waals surface area (Å²) in [6.45, 7) is 4.90. The molecule has 7 heteroatoms. The molecule has 5 nitrogen and oxygen atoms in total. The van der Waals surface area contributed by atoms with Crippen molar-refractivity contribution in [2.24, 2.45) is 0 Å². The summed E-state index contributed by atoms with van der Waals surface area (Å²) in [4.78, 5) is 11.2. The number of ether oxygens (including phenoxy) is 2. The standard InChI is InChI=1S/C20H22ClNO4S/c1-12-3-5-15(9-13(12)2)25-7-8-26-18-6-4-14(21)10-16(18)19-22-17(11-27-19)20(23)24/h3-6,9-10,17,19,22H,7-8,11H2,1-2H3,(H,23,24). The van der Waals surface area contributed by atoms with E-state index < -0.39 is 12.0 Å². The van der Waals surface area contributed by atoms with Gasteiger partial charge in [0.05, 0.1) is 5.37 Å². The maximum atomic E-state index is 11.2. The number of halogens is 1. The van der Waals surface area contributed by atoms with E-state index >= 15 is 0 Å². The fourth-order valence-corrected chi connectivity index (χ4v) is 4.19. The lowest BCUT2D eigenvalue weighted by molar-refractivity contribution is -0.138. The third-order valence-corrected chi connectivity index (χ3v) is 5.91. The van der Waals surface area contributed by atoms with Gasteiger partial charge in [0.1, 0.15) is 30.8 Å². The van der Waals surface area contributed by atoms with Gasteiger partial charge in [0, 0.05) is 16.3 Å². The minimum absolute atomic E-state index is 0.166. The second kappa shape index (κ2) is 8.87. The van der Waals surface area contributed by atoms with Gasteiger partial charge in [-0.15, -0.1) is 11.8 Å². The maximum absolute atomic E-state index is 11.2. The summed E-state index contributed by atoms with van der Waals surface area (Å²) in [6.07, 6.45) is 0. The van der Waals surface area contributed by atoms with Gasteiger partial charge in [-0.2, -0.15) is 0 Å². The monoisotopic (exact) mass is 407 g/mol. The van der Waals surface area contributed by atoms with Crippen LogP contribution in [0.3, 0.4) is 0 Å². The van der Waals surface area contributed by atoms with Crippen LogP contribution < -0.4 is 14.8 Å². The van der Waals surface area contributed by atoms with Crippen LogP contribution in [0.2, 0.25) is 5.02 Å². The van der Waals surface area contributed by atoms with E-state index in [0.717, 1.165) is 11.3 Å². The van der Waals surface area contributed by atoms with Crippen LogP contribution >= 0.6 is 23.4 Å². The lowest BCUT2D eigenvalue weighted by atomic mass is 10.1. The van der Waals surface area contributed by atoms with Crippen LogP contribution in [0.15, 0.2) is 36.4 Å². The van der Waals surface area contributed by atoms with E-state index in [1.165, 1.54) is 22.9 Å². The highest BCUT2D eigenvalue weighted by Crippen LogP contribution is 2.39. The first-order valence-corrected chi connectivity index (χ1v) is 10.1. The molecule has 1 saturated heterocycles. The molecular weight excluding hydrogens is 386 g/mol. The molecule has 144 valence electrons. The molecule has 2 aromatic carbocycles. The summed E-state index contributed by atoms with van der Waals surface area (Å²) < 4.78 is 11.6. The summed E-state index contributed by atoms with van der Waals surface area (Å²) in [6, 6.07) is 10.8. The molecule has 27 heavy (non-hydrogen) atoms. The molecule has 1 aliphatic rings. The number of carboxylic acid groups (broad SMARTS) is 1. The number of carboxylic acids is 1. The third kappa shape index (κ3) is 5.09. The molecule has 0 aromatic heterocycles. The van der Waals surface area contributed by atoms with Gasteiger partial charge in [0.25, 0.3) is 0 Å². The van der Waals surface area contributed by atoms with E-state index in [9.17, 15) is 9.90 Å². The zero-order valence-electron chi connectivity index (χ0n) is 15.2. The van der Waals surface area contributed by atoms with Crippen LogP contribution in [0.1, 0.15) is 22.1 Å². The van der Waals surface area contributed by atoms with E-state index in [-0.39, 0.29) is 5.37 Å². The number of aryl methyl sites for hydroxylation is 2. The number of carbonyl (C=O) groups is 1. The topological polar surface area (TPSA) is 67.8 Å². The molecule has 2 N–H and O–H groups in total.